The van der Waals surface area contributed by atoms with E-state index in [1.165, 1.54) is 11.5 Å². The molecule has 0 amide bonds. The number of ether oxygens (including phenoxy) is 1. The van der Waals surface area contributed by atoms with E-state index in [2.05, 4.69) is 11.3 Å². The maximum Gasteiger partial charge on any atom is 0.177 e. The lowest BCUT2D eigenvalue weighted by Crippen LogP contribution is -2.31. The van der Waals surface area contributed by atoms with Crippen molar-refractivity contribution in [3.05, 3.63) is 16.6 Å². The SMILES string of the molecule is Cc1cc(C(=O)C2CCOCC2C)sn1. The number of carbonyl (C=O) groups excluding carboxylic acids is 1. The van der Waals surface area contributed by atoms with E-state index in [4.69, 9.17) is 4.74 Å². The molecule has 0 bridgehead atoms. The maximum absolute atomic E-state index is 12.1. The highest BCUT2D eigenvalue weighted by Gasteiger charge is 2.29. The Balaban J connectivity index is 2.13. The maximum atomic E-state index is 12.1. The van der Waals surface area contributed by atoms with Crippen LogP contribution in [0.1, 0.15) is 28.7 Å². The third-order valence-electron chi connectivity index (χ3n) is 2.85. The van der Waals surface area contributed by atoms with Crippen molar-refractivity contribution in [1.29, 1.82) is 0 Å². The van der Waals surface area contributed by atoms with Gasteiger partial charge in [0.2, 0.25) is 0 Å². The number of carbonyl (C=O) groups is 1. The molecule has 2 heterocycles. The van der Waals surface area contributed by atoms with Gasteiger partial charge >= 0.3 is 0 Å². The highest BCUT2D eigenvalue weighted by molar-refractivity contribution is 7.08. The minimum absolute atomic E-state index is 0.124. The molecule has 0 radical (unpaired) electrons. The summed E-state index contributed by atoms with van der Waals surface area (Å²) in [5.41, 5.74) is 0.933. The average Bonchev–Trinajstić information content (AvgIpc) is 2.65. The Morgan fingerprint density at radius 1 is 1.67 bits per heavy atom. The van der Waals surface area contributed by atoms with Gasteiger partial charge in [0, 0.05) is 19.1 Å². The van der Waals surface area contributed by atoms with Crippen LogP contribution in [0.2, 0.25) is 0 Å². The molecule has 0 spiro atoms. The van der Waals surface area contributed by atoms with Gasteiger partial charge in [0.15, 0.2) is 5.78 Å². The van der Waals surface area contributed by atoms with Crippen LogP contribution in [-0.2, 0) is 4.74 Å². The molecule has 15 heavy (non-hydrogen) atoms. The van der Waals surface area contributed by atoms with Crippen molar-refractivity contribution in [2.45, 2.75) is 20.3 Å². The lowest BCUT2D eigenvalue weighted by Gasteiger charge is -2.27. The smallest absolute Gasteiger partial charge is 0.177 e. The first-order valence-electron chi connectivity index (χ1n) is 5.23. The zero-order valence-corrected chi connectivity index (χ0v) is 9.84. The van der Waals surface area contributed by atoms with Gasteiger partial charge in [-0.25, -0.2) is 0 Å². The first-order valence-corrected chi connectivity index (χ1v) is 6.01. The molecule has 3 nitrogen and oxygen atoms in total. The van der Waals surface area contributed by atoms with Crippen molar-refractivity contribution in [2.75, 3.05) is 13.2 Å². The Labute approximate surface area is 93.6 Å². The van der Waals surface area contributed by atoms with E-state index in [9.17, 15) is 4.79 Å². The summed E-state index contributed by atoms with van der Waals surface area (Å²) in [6.45, 7) is 5.41. The average molecular weight is 225 g/mol. The molecule has 0 aliphatic carbocycles. The second-order valence-corrected chi connectivity index (χ2v) is 4.95. The Morgan fingerprint density at radius 2 is 2.47 bits per heavy atom. The second-order valence-electron chi connectivity index (χ2n) is 4.14. The van der Waals surface area contributed by atoms with Gasteiger partial charge in [0.1, 0.15) is 0 Å². The van der Waals surface area contributed by atoms with E-state index in [-0.39, 0.29) is 11.7 Å². The van der Waals surface area contributed by atoms with E-state index in [1.54, 1.807) is 0 Å². The van der Waals surface area contributed by atoms with Crippen LogP contribution in [0.5, 0.6) is 0 Å². The number of aryl methyl sites for hydroxylation is 1. The molecule has 4 heteroatoms. The standard InChI is InChI=1S/C11H15NO2S/c1-7-6-14-4-3-9(7)11(13)10-5-8(2)12-15-10/h5,7,9H,3-4,6H2,1-2H3. The van der Waals surface area contributed by atoms with Gasteiger partial charge in [-0.2, -0.15) is 4.37 Å². The summed E-state index contributed by atoms with van der Waals surface area (Å²) in [5, 5.41) is 0. The van der Waals surface area contributed by atoms with Crippen LogP contribution in [0, 0.1) is 18.8 Å². The zero-order valence-electron chi connectivity index (χ0n) is 9.03. The molecule has 2 unspecified atom stereocenters. The Bertz CT molecular complexity index is 361. The first-order chi connectivity index (χ1) is 7.18. The van der Waals surface area contributed by atoms with Gasteiger partial charge in [-0.05, 0) is 36.9 Å². The summed E-state index contributed by atoms with van der Waals surface area (Å²) in [6, 6.07) is 1.88. The summed E-state index contributed by atoms with van der Waals surface area (Å²) < 4.78 is 9.49. The predicted octanol–water partition coefficient (Wildman–Crippen LogP) is 2.31. The van der Waals surface area contributed by atoms with E-state index < -0.39 is 0 Å². The normalized spacial score (nSPS) is 26.5. The minimum atomic E-state index is 0.124. The number of rotatable bonds is 2. The second kappa shape index (κ2) is 4.41. The molecule has 82 valence electrons. The molecule has 1 aliphatic rings. The van der Waals surface area contributed by atoms with Crippen LogP contribution < -0.4 is 0 Å². The summed E-state index contributed by atoms with van der Waals surface area (Å²) in [7, 11) is 0. The number of nitrogens with zero attached hydrogens (tertiary/aromatic N) is 1. The fourth-order valence-electron chi connectivity index (χ4n) is 1.93. The number of hydrogen-bond acceptors (Lipinski definition) is 4. The van der Waals surface area contributed by atoms with Crippen molar-refractivity contribution in [1.82, 2.24) is 4.37 Å². The molecule has 2 rings (SSSR count). The van der Waals surface area contributed by atoms with Crippen LogP contribution in [0.25, 0.3) is 0 Å². The van der Waals surface area contributed by atoms with Crippen LogP contribution >= 0.6 is 11.5 Å². The van der Waals surface area contributed by atoms with Crippen molar-refractivity contribution in [2.24, 2.45) is 11.8 Å². The Morgan fingerprint density at radius 3 is 3.07 bits per heavy atom. The van der Waals surface area contributed by atoms with Gasteiger partial charge in [-0.3, -0.25) is 4.79 Å². The predicted molar refractivity (Wildman–Crippen MR) is 59.3 cm³/mol. The van der Waals surface area contributed by atoms with Gasteiger partial charge < -0.3 is 4.74 Å². The van der Waals surface area contributed by atoms with Crippen molar-refractivity contribution < 1.29 is 9.53 Å². The largest absolute Gasteiger partial charge is 0.381 e. The molecule has 1 saturated heterocycles. The number of Topliss-reactive ketones (excluding diaryl/α,β-unsaturated/α-hetero) is 1. The highest BCUT2D eigenvalue weighted by atomic mass is 32.1. The van der Waals surface area contributed by atoms with Gasteiger partial charge in [0.25, 0.3) is 0 Å². The Hall–Kier alpha value is -0.740. The van der Waals surface area contributed by atoms with Crippen LogP contribution in [0.3, 0.4) is 0 Å². The number of hydrogen-bond donors (Lipinski definition) is 0. The van der Waals surface area contributed by atoms with E-state index in [0.717, 1.165) is 17.0 Å². The molecule has 1 fully saturated rings. The molecule has 1 aromatic heterocycles. The summed E-state index contributed by atoms with van der Waals surface area (Å²) in [5.74, 6) is 0.698. The van der Waals surface area contributed by atoms with E-state index in [0.29, 0.717) is 19.1 Å². The Kier molecular flexibility index (Phi) is 3.17. The third-order valence-corrected chi connectivity index (χ3v) is 3.74. The molecule has 2 atom stereocenters. The van der Waals surface area contributed by atoms with Crippen LogP contribution in [-0.4, -0.2) is 23.4 Å². The summed E-state index contributed by atoms with van der Waals surface area (Å²) >= 11 is 1.31. The minimum Gasteiger partial charge on any atom is -0.381 e. The summed E-state index contributed by atoms with van der Waals surface area (Å²) in [4.78, 5) is 12.9. The number of ketones is 1. The van der Waals surface area contributed by atoms with E-state index in [1.807, 2.05) is 13.0 Å². The quantitative estimate of drug-likeness (QED) is 0.725. The first kappa shape index (κ1) is 10.8. The molecule has 0 saturated carbocycles. The number of aromatic nitrogens is 1. The van der Waals surface area contributed by atoms with Gasteiger partial charge in [0.05, 0.1) is 10.6 Å². The topological polar surface area (TPSA) is 39.2 Å². The lowest BCUT2D eigenvalue weighted by atomic mass is 9.86. The molecule has 1 aromatic rings. The third kappa shape index (κ3) is 2.26. The van der Waals surface area contributed by atoms with Crippen molar-refractivity contribution >= 4 is 17.3 Å². The van der Waals surface area contributed by atoms with Crippen LogP contribution in [0.4, 0.5) is 0 Å². The zero-order chi connectivity index (χ0) is 10.8. The monoisotopic (exact) mass is 225 g/mol. The molecule has 0 aromatic carbocycles. The molecule has 1 aliphatic heterocycles. The molecule has 0 N–H and O–H groups in total. The van der Waals surface area contributed by atoms with Crippen molar-refractivity contribution in [3.63, 3.8) is 0 Å². The lowest BCUT2D eigenvalue weighted by molar-refractivity contribution is 0.0243. The van der Waals surface area contributed by atoms with E-state index >= 15 is 0 Å². The van der Waals surface area contributed by atoms with Crippen LogP contribution in [0.15, 0.2) is 6.07 Å². The fraction of sp³-hybridized carbons (Fsp3) is 0.636. The van der Waals surface area contributed by atoms with Gasteiger partial charge in [-0.15, -0.1) is 0 Å². The fourth-order valence-corrected chi connectivity index (χ4v) is 2.69. The molecular weight excluding hydrogens is 210 g/mol. The van der Waals surface area contributed by atoms with Crippen molar-refractivity contribution in [3.8, 4) is 0 Å². The molecular formula is C11H15NO2S. The van der Waals surface area contributed by atoms with Gasteiger partial charge in [-0.1, -0.05) is 6.92 Å². The summed E-state index contributed by atoms with van der Waals surface area (Å²) in [6.07, 6.45) is 0.844. The highest BCUT2D eigenvalue weighted by Crippen LogP contribution is 2.26.